The smallest absolute Gasteiger partial charge is 0.174 e. The maximum atomic E-state index is 6.65. The van der Waals surface area contributed by atoms with Gasteiger partial charge in [0.15, 0.2) is 5.11 Å². The average molecular weight is 554 g/mol. The van der Waals surface area contributed by atoms with Gasteiger partial charge in [-0.05, 0) is 74.1 Å². The van der Waals surface area contributed by atoms with E-state index in [4.69, 9.17) is 44.9 Å². The predicted octanol–water partition coefficient (Wildman–Crippen LogP) is 6.99. The zero-order valence-corrected chi connectivity index (χ0v) is 23.2. The summed E-state index contributed by atoms with van der Waals surface area (Å²) >= 11 is 18.9. The number of aromatic nitrogens is 2. The molecule has 6 nitrogen and oxygen atoms in total. The summed E-state index contributed by atoms with van der Waals surface area (Å²) in [4.78, 5) is 6.75. The Hall–Kier alpha value is -3.26. The number of anilines is 1. The van der Waals surface area contributed by atoms with E-state index >= 15 is 0 Å². The van der Waals surface area contributed by atoms with Crippen LogP contribution in [0.3, 0.4) is 0 Å². The van der Waals surface area contributed by atoms with Crippen molar-refractivity contribution in [3.05, 3.63) is 99.6 Å². The molecule has 2 atom stereocenters. The molecular formula is C28H26Cl2N4O2S. The number of nitrogens with zero attached hydrogens (tertiary/aromatic N) is 3. The first-order chi connectivity index (χ1) is 17.8. The third kappa shape index (κ3) is 4.41. The summed E-state index contributed by atoms with van der Waals surface area (Å²) in [6, 6.07) is 19.0. The number of benzene rings is 2. The minimum absolute atomic E-state index is 0.214. The van der Waals surface area contributed by atoms with Crippen molar-refractivity contribution < 1.29 is 9.47 Å². The van der Waals surface area contributed by atoms with Crippen LogP contribution in [0.4, 0.5) is 5.69 Å². The van der Waals surface area contributed by atoms with Crippen molar-refractivity contribution in [1.29, 1.82) is 0 Å². The van der Waals surface area contributed by atoms with E-state index in [1.54, 1.807) is 26.5 Å². The Morgan fingerprint density at radius 2 is 1.76 bits per heavy atom. The second kappa shape index (κ2) is 10.2. The van der Waals surface area contributed by atoms with Gasteiger partial charge in [0, 0.05) is 23.7 Å². The van der Waals surface area contributed by atoms with Crippen LogP contribution in [-0.4, -0.2) is 28.9 Å². The summed E-state index contributed by atoms with van der Waals surface area (Å²) in [5, 5.41) is 5.09. The lowest BCUT2D eigenvalue weighted by atomic mass is 9.96. The first-order valence-corrected chi connectivity index (χ1v) is 12.9. The first-order valence-electron chi connectivity index (χ1n) is 11.7. The van der Waals surface area contributed by atoms with Crippen LogP contribution in [0.25, 0.3) is 5.69 Å². The van der Waals surface area contributed by atoms with E-state index in [-0.39, 0.29) is 12.1 Å². The normalized spacial score (nSPS) is 17.1. The SMILES string of the molecule is COc1ccc(OC)c(N2C(=S)N[C@@H](c3ccccn3)[C@@H]2c2cc(C)n(-c3cccc(Cl)c3Cl)c2C)c1. The van der Waals surface area contributed by atoms with Crippen molar-refractivity contribution >= 4 is 46.2 Å². The minimum atomic E-state index is -0.235. The van der Waals surface area contributed by atoms with Crippen LogP contribution in [0, 0.1) is 13.8 Å². The molecule has 2 aromatic carbocycles. The Morgan fingerprint density at radius 3 is 2.46 bits per heavy atom. The van der Waals surface area contributed by atoms with Crippen molar-refractivity contribution in [2.75, 3.05) is 19.1 Å². The zero-order valence-electron chi connectivity index (χ0n) is 20.8. The topological polar surface area (TPSA) is 51.6 Å². The standard InChI is InChI=1S/C28H26Cl2N4O2S/c1-16-14-19(17(2)33(16)22-10-7-8-20(29)25(22)30)27-26(21-9-5-6-13-31-21)32-28(37)34(27)23-15-18(35-3)11-12-24(23)36-4/h5-15,26-27H,1-4H3,(H,32,37)/t26-,27-/m0/s1. The molecule has 0 amide bonds. The van der Waals surface area contributed by atoms with Gasteiger partial charge in [-0.25, -0.2) is 0 Å². The number of halogens is 2. The third-order valence-corrected chi connectivity index (χ3v) is 7.83. The number of pyridine rings is 1. The monoisotopic (exact) mass is 552 g/mol. The number of nitrogens with one attached hydrogen (secondary N) is 1. The molecule has 0 aliphatic carbocycles. The van der Waals surface area contributed by atoms with E-state index in [1.807, 2.05) is 48.5 Å². The number of hydrogen-bond donors (Lipinski definition) is 1. The van der Waals surface area contributed by atoms with Crippen LogP contribution in [0.15, 0.2) is 66.9 Å². The maximum absolute atomic E-state index is 6.65. The minimum Gasteiger partial charge on any atom is -0.497 e. The van der Waals surface area contributed by atoms with Gasteiger partial charge in [-0.15, -0.1) is 0 Å². The average Bonchev–Trinajstić information content (AvgIpc) is 3.40. The summed E-state index contributed by atoms with van der Waals surface area (Å²) in [6.45, 7) is 4.14. The van der Waals surface area contributed by atoms with Gasteiger partial charge in [-0.3, -0.25) is 4.98 Å². The van der Waals surface area contributed by atoms with Crippen molar-refractivity contribution in [3.8, 4) is 17.2 Å². The summed E-state index contributed by atoms with van der Waals surface area (Å²) < 4.78 is 13.4. The highest BCUT2D eigenvalue weighted by molar-refractivity contribution is 7.80. The highest BCUT2D eigenvalue weighted by Gasteiger charge is 2.43. The van der Waals surface area contributed by atoms with Gasteiger partial charge in [-0.2, -0.15) is 0 Å². The van der Waals surface area contributed by atoms with Crippen LogP contribution >= 0.6 is 35.4 Å². The van der Waals surface area contributed by atoms with Crippen molar-refractivity contribution in [2.24, 2.45) is 0 Å². The predicted molar refractivity (Wildman–Crippen MR) is 153 cm³/mol. The van der Waals surface area contributed by atoms with E-state index in [9.17, 15) is 0 Å². The van der Waals surface area contributed by atoms with E-state index in [2.05, 4.69) is 39.7 Å². The molecule has 0 unspecified atom stereocenters. The van der Waals surface area contributed by atoms with Crippen molar-refractivity contribution in [1.82, 2.24) is 14.9 Å². The van der Waals surface area contributed by atoms with Crippen molar-refractivity contribution in [3.63, 3.8) is 0 Å². The quantitative estimate of drug-likeness (QED) is 0.260. The van der Waals surface area contributed by atoms with Gasteiger partial charge in [0.25, 0.3) is 0 Å². The van der Waals surface area contributed by atoms with Crippen LogP contribution in [0.5, 0.6) is 11.5 Å². The Labute approximate surface area is 231 Å². The molecule has 0 bridgehead atoms. The van der Waals surface area contributed by atoms with Crippen LogP contribution in [0.1, 0.15) is 34.7 Å². The molecule has 1 saturated heterocycles. The second-order valence-corrected chi connectivity index (χ2v) is 9.94. The third-order valence-electron chi connectivity index (χ3n) is 6.70. The van der Waals surface area contributed by atoms with Gasteiger partial charge < -0.3 is 24.3 Å². The Bertz CT molecular complexity index is 1470. The largest absolute Gasteiger partial charge is 0.497 e. The number of rotatable bonds is 6. The molecule has 3 heterocycles. The molecule has 0 radical (unpaired) electrons. The molecule has 4 aromatic rings. The molecule has 1 aliphatic heterocycles. The second-order valence-electron chi connectivity index (χ2n) is 8.77. The molecule has 1 N–H and O–H groups in total. The molecule has 0 spiro atoms. The summed E-state index contributed by atoms with van der Waals surface area (Å²) in [7, 11) is 3.29. The number of hydrogen-bond acceptors (Lipinski definition) is 4. The lowest BCUT2D eigenvalue weighted by molar-refractivity contribution is 0.403. The number of methoxy groups -OCH3 is 2. The first kappa shape index (κ1) is 25.4. The van der Waals surface area contributed by atoms with E-state index < -0.39 is 0 Å². The molecular weight excluding hydrogens is 527 g/mol. The molecule has 1 aliphatic rings. The zero-order chi connectivity index (χ0) is 26.3. The molecule has 37 heavy (non-hydrogen) atoms. The summed E-state index contributed by atoms with van der Waals surface area (Å²) in [6.07, 6.45) is 1.79. The molecule has 0 saturated carbocycles. The molecule has 5 rings (SSSR count). The van der Waals surface area contributed by atoms with Gasteiger partial charge in [0.2, 0.25) is 0 Å². The molecule has 190 valence electrons. The highest BCUT2D eigenvalue weighted by atomic mass is 35.5. The van der Waals surface area contributed by atoms with Crippen LogP contribution in [0.2, 0.25) is 10.0 Å². The van der Waals surface area contributed by atoms with Crippen molar-refractivity contribution in [2.45, 2.75) is 25.9 Å². The number of ether oxygens (including phenoxy) is 2. The fourth-order valence-corrected chi connectivity index (χ4v) is 5.76. The molecule has 9 heteroatoms. The summed E-state index contributed by atoms with van der Waals surface area (Å²) in [5.74, 6) is 1.39. The van der Waals surface area contributed by atoms with E-state index in [0.717, 1.165) is 34.0 Å². The Kier molecular flexibility index (Phi) is 7.03. The van der Waals surface area contributed by atoms with Gasteiger partial charge in [-0.1, -0.05) is 35.3 Å². The van der Waals surface area contributed by atoms with Crippen LogP contribution < -0.4 is 19.7 Å². The van der Waals surface area contributed by atoms with E-state index in [0.29, 0.717) is 26.7 Å². The van der Waals surface area contributed by atoms with Gasteiger partial charge in [0.1, 0.15) is 11.5 Å². The Morgan fingerprint density at radius 1 is 0.946 bits per heavy atom. The van der Waals surface area contributed by atoms with Gasteiger partial charge >= 0.3 is 0 Å². The highest BCUT2D eigenvalue weighted by Crippen LogP contribution is 2.47. The fourth-order valence-electron chi connectivity index (χ4n) is 5.04. The maximum Gasteiger partial charge on any atom is 0.174 e. The number of thiocarbonyl (C=S) groups is 1. The van der Waals surface area contributed by atoms with Crippen LogP contribution in [-0.2, 0) is 0 Å². The van der Waals surface area contributed by atoms with Gasteiger partial charge in [0.05, 0.1) is 53.4 Å². The lowest BCUT2D eigenvalue weighted by Gasteiger charge is -2.29. The lowest BCUT2D eigenvalue weighted by Crippen LogP contribution is -2.30. The molecule has 2 aromatic heterocycles. The number of aryl methyl sites for hydroxylation is 1. The van der Waals surface area contributed by atoms with E-state index in [1.165, 1.54) is 0 Å². The molecule has 1 fully saturated rings. The fraction of sp³-hybridized carbons (Fsp3) is 0.214. The Balaban J connectivity index is 1.73. The summed E-state index contributed by atoms with van der Waals surface area (Å²) in [5.41, 5.74) is 5.61.